The van der Waals surface area contributed by atoms with E-state index in [0.29, 0.717) is 6.04 Å². The molecule has 1 aliphatic heterocycles. The summed E-state index contributed by atoms with van der Waals surface area (Å²) in [5.74, 6) is 2.52. The van der Waals surface area contributed by atoms with Crippen LogP contribution in [0.15, 0.2) is 36.4 Å². The number of hydrogen-bond donors (Lipinski definition) is 1. The zero-order valence-corrected chi connectivity index (χ0v) is 15.9. The molecule has 1 heterocycles. The molecule has 0 aliphatic carbocycles. The van der Waals surface area contributed by atoms with Crippen molar-refractivity contribution in [3.05, 3.63) is 53.1 Å². The van der Waals surface area contributed by atoms with E-state index in [0.717, 1.165) is 36.6 Å². The number of fused-ring (bicyclic) bond motifs is 1. The molecule has 0 unspecified atom stereocenters. The zero-order chi connectivity index (χ0) is 16.2. The van der Waals surface area contributed by atoms with Gasteiger partial charge >= 0.3 is 0 Å². The van der Waals surface area contributed by atoms with Crippen LogP contribution in [-0.2, 0) is 12.8 Å². The van der Waals surface area contributed by atoms with E-state index in [4.69, 9.17) is 14.2 Å². The number of methoxy groups -OCH3 is 3. The topological polar surface area (TPSA) is 44.3 Å². The summed E-state index contributed by atoms with van der Waals surface area (Å²) in [7, 11) is 5.07. The van der Waals surface area contributed by atoms with Crippen molar-refractivity contribution < 1.29 is 36.5 Å². The number of nitrogens with two attached hydrogens (primary N) is 1. The van der Waals surface area contributed by atoms with Gasteiger partial charge in [0.25, 0.3) is 0 Å². The molecule has 2 aromatic rings. The Morgan fingerprint density at radius 3 is 2.25 bits per heavy atom. The highest BCUT2D eigenvalue weighted by molar-refractivity contribution is 5.49. The summed E-state index contributed by atoms with van der Waals surface area (Å²) in [6, 6.07) is 13.0. The van der Waals surface area contributed by atoms with Crippen LogP contribution in [-0.4, -0.2) is 27.9 Å². The minimum absolute atomic E-state index is 0. The second-order valence-corrected chi connectivity index (χ2v) is 5.84. The Morgan fingerprint density at radius 2 is 1.62 bits per heavy atom. The minimum Gasteiger partial charge on any atom is -1.00 e. The van der Waals surface area contributed by atoms with Crippen molar-refractivity contribution in [3.63, 3.8) is 0 Å². The third-order valence-corrected chi connectivity index (χ3v) is 4.52. The summed E-state index contributed by atoms with van der Waals surface area (Å²) in [4.78, 5) is 0. The number of hydrogen-bond acceptors (Lipinski definition) is 3. The van der Waals surface area contributed by atoms with Crippen LogP contribution in [0.25, 0.3) is 0 Å². The lowest BCUT2D eigenvalue weighted by Gasteiger charge is -2.25. The summed E-state index contributed by atoms with van der Waals surface area (Å²) < 4.78 is 16.1. The molecule has 3 rings (SSSR count). The first kappa shape index (κ1) is 18.6. The van der Waals surface area contributed by atoms with Gasteiger partial charge in [0.05, 0.1) is 27.9 Å². The quantitative estimate of drug-likeness (QED) is 0.717. The molecule has 0 radical (unpaired) electrons. The first-order valence-electron chi connectivity index (χ1n) is 7.96. The van der Waals surface area contributed by atoms with E-state index in [1.807, 2.05) is 12.1 Å². The number of quaternary nitrogens is 1. The van der Waals surface area contributed by atoms with Crippen molar-refractivity contribution in [1.29, 1.82) is 0 Å². The van der Waals surface area contributed by atoms with Crippen molar-refractivity contribution in [2.75, 3.05) is 27.9 Å². The molecule has 0 saturated heterocycles. The van der Waals surface area contributed by atoms with Crippen LogP contribution in [0.5, 0.6) is 17.2 Å². The average molecular weight is 394 g/mol. The van der Waals surface area contributed by atoms with E-state index in [1.165, 1.54) is 16.7 Å². The zero-order valence-electron chi connectivity index (χ0n) is 14.3. The van der Waals surface area contributed by atoms with E-state index in [1.54, 1.807) is 21.3 Å². The van der Waals surface area contributed by atoms with Gasteiger partial charge < -0.3 is 36.5 Å². The number of benzene rings is 2. The van der Waals surface area contributed by atoms with Gasteiger partial charge in [0.1, 0.15) is 11.8 Å². The molecule has 0 aromatic heterocycles. The molecule has 2 N–H and O–H groups in total. The summed E-state index contributed by atoms with van der Waals surface area (Å²) in [6.07, 6.45) is 2.06. The standard InChI is InChI=1S/C19H23NO3.BrH/c1-21-15-6-4-13(5-7-15)10-17-16-12-19(23-3)18(22-2)11-14(16)8-9-20-17;/h4-7,11-12,17,20H,8-10H2,1-3H3;1H/t17-;/m1./s1. The Hall–Kier alpha value is -1.72. The third-order valence-electron chi connectivity index (χ3n) is 4.52. The van der Waals surface area contributed by atoms with Gasteiger partial charge in [-0.15, -0.1) is 0 Å². The van der Waals surface area contributed by atoms with Gasteiger partial charge in [-0.1, -0.05) is 12.1 Å². The van der Waals surface area contributed by atoms with Gasteiger partial charge in [-0.2, -0.15) is 0 Å². The molecule has 0 fully saturated rings. The SMILES string of the molecule is COc1ccc(C[C@H]2[NH2+]CCc3cc(OC)c(OC)cc32)cc1.[Br-]. The Labute approximate surface area is 153 Å². The fraction of sp³-hybridized carbons (Fsp3) is 0.368. The third kappa shape index (κ3) is 3.84. The molecule has 0 bridgehead atoms. The lowest BCUT2D eigenvalue weighted by Crippen LogP contribution is -3.00. The Morgan fingerprint density at radius 1 is 0.958 bits per heavy atom. The lowest BCUT2D eigenvalue weighted by atomic mass is 9.90. The van der Waals surface area contributed by atoms with Crippen LogP contribution in [0, 0.1) is 0 Å². The van der Waals surface area contributed by atoms with Crippen LogP contribution in [0.4, 0.5) is 0 Å². The van der Waals surface area contributed by atoms with Crippen LogP contribution in [0.2, 0.25) is 0 Å². The summed E-state index contributed by atoms with van der Waals surface area (Å²) >= 11 is 0. The van der Waals surface area contributed by atoms with E-state index in [2.05, 4.69) is 29.6 Å². The first-order valence-corrected chi connectivity index (χ1v) is 7.96. The van der Waals surface area contributed by atoms with Crippen LogP contribution in [0.3, 0.4) is 0 Å². The Bertz CT molecular complexity index is 673. The van der Waals surface area contributed by atoms with Gasteiger partial charge in [-0.05, 0) is 35.4 Å². The average Bonchev–Trinajstić information content (AvgIpc) is 2.61. The fourth-order valence-electron chi connectivity index (χ4n) is 3.27. The predicted molar refractivity (Wildman–Crippen MR) is 89.5 cm³/mol. The number of halogens is 1. The van der Waals surface area contributed by atoms with Gasteiger partial charge in [0.15, 0.2) is 11.5 Å². The molecule has 0 spiro atoms. The monoisotopic (exact) mass is 393 g/mol. The lowest BCUT2D eigenvalue weighted by molar-refractivity contribution is -0.698. The molecule has 0 saturated carbocycles. The van der Waals surface area contributed by atoms with Crippen molar-refractivity contribution >= 4 is 0 Å². The maximum Gasteiger partial charge on any atom is 0.161 e. The summed E-state index contributed by atoms with van der Waals surface area (Å²) in [5, 5.41) is 2.42. The van der Waals surface area contributed by atoms with Gasteiger partial charge in [-0.25, -0.2) is 0 Å². The van der Waals surface area contributed by atoms with Crippen molar-refractivity contribution in [2.45, 2.75) is 18.9 Å². The van der Waals surface area contributed by atoms with Crippen LogP contribution in [0.1, 0.15) is 22.7 Å². The highest BCUT2D eigenvalue weighted by atomic mass is 79.9. The molecule has 24 heavy (non-hydrogen) atoms. The normalized spacial score (nSPS) is 15.9. The maximum atomic E-state index is 5.48. The smallest absolute Gasteiger partial charge is 0.161 e. The van der Waals surface area contributed by atoms with E-state index in [-0.39, 0.29) is 17.0 Å². The molecule has 2 aromatic carbocycles. The van der Waals surface area contributed by atoms with E-state index < -0.39 is 0 Å². The van der Waals surface area contributed by atoms with E-state index >= 15 is 0 Å². The van der Waals surface area contributed by atoms with Crippen LogP contribution < -0.4 is 36.5 Å². The molecule has 4 nitrogen and oxygen atoms in total. The molecular formula is C19H24BrNO3. The number of ether oxygens (including phenoxy) is 3. The largest absolute Gasteiger partial charge is 1.00 e. The van der Waals surface area contributed by atoms with Crippen LogP contribution >= 0.6 is 0 Å². The molecule has 1 atom stereocenters. The highest BCUT2D eigenvalue weighted by Gasteiger charge is 2.25. The minimum atomic E-state index is 0. The maximum absolute atomic E-state index is 5.48. The van der Waals surface area contributed by atoms with Crippen molar-refractivity contribution in [3.8, 4) is 17.2 Å². The summed E-state index contributed by atoms with van der Waals surface area (Å²) in [6.45, 7) is 1.10. The summed E-state index contributed by atoms with van der Waals surface area (Å²) in [5.41, 5.74) is 4.03. The molecule has 130 valence electrons. The van der Waals surface area contributed by atoms with Crippen molar-refractivity contribution in [2.24, 2.45) is 0 Å². The second kappa shape index (κ2) is 8.40. The highest BCUT2D eigenvalue weighted by Crippen LogP contribution is 2.34. The Kier molecular flexibility index (Phi) is 6.52. The molecule has 0 amide bonds. The molecule has 1 aliphatic rings. The van der Waals surface area contributed by atoms with Gasteiger partial charge in [0.2, 0.25) is 0 Å². The number of rotatable bonds is 5. The molecule has 5 heteroatoms. The first-order chi connectivity index (χ1) is 11.2. The predicted octanol–water partition coefficient (Wildman–Crippen LogP) is -0.880. The van der Waals surface area contributed by atoms with Gasteiger partial charge in [-0.3, -0.25) is 0 Å². The van der Waals surface area contributed by atoms with Gasteiger partial charge in [0, 0.05) is 18.4 Å². The molecular weight excluding hydrogens is 370 g/mol. The van der Waals surface area contributed by atoms with E-state index in [9.17, 15) is 0 Å². The Balaban J connectivity index is 0.00000208. The fourth-order valence-corrected chi connectivity index (χ4v) is 3.27. The van der Waals surface area contributed by atoms with Crippen molar-refractivity contribution in [1.82, 2.24) is 0 Å². The second-order valence-electron chi connectivity index (χ2n) is 5.84.